The quantitative estimate of drug-likeness (QED) is 0.251. The fourth-order valence-corrected chi connectivity index (χ4v) is 5.70. The van der Waals surface area contributed by atoms with Gasteiger partial charge in [0.1, 0.15) is 0 Å². The Morgan fingerprint density at radius 3 is 1.59 bits per heavy atom. The molecule has 0 N–H and O–H groups in total. The van der Waals surface area contributed by atoms with E-state index in [0.29, 0.717) is 6.08 Å². The first-order valence-corrected chi connectivity index (χ1v) is 12.1. The molecule has 2 heterocycles. The van der Waals surface area contributed by atoms with Gasteiger partial charge in [0.15, 0.2) is 5.71 Å². The molecular formula is C27H23F12N2+. The van der Waals surface area contributed by atoms with E-state index in [-0.39, 0.29) is 20.6 Å². The number of para-hydroxylation sites is 2. The Labute approximate surface area is 226 Å². The molecule has 2 nitrogen and oxygen atoms in total. The highest BCUT2D eigenvalue weighted by molar-refractivity contribution is 6.04. The van der Waals surface area contributed by atoms with E-state index in [9.17, 15) is 52.7 Å². The number of rotatable bonds is 3. The Balaban J connectivity index is 2.16. The molecule has 224 valence electrons. The summed E-state index contributed by atoms with van der Waals surface area (Å²) >= 11 is 0. The molecule has 0 amide bonds. The maximum absolute atomic E-state index is 14.1. The third kappa shape index (κ3) is 4.96. The lowest BCUT2D eigenvalue weighted by molar-refractivity contribution is -0.572. The zero-order chi connectivity index (χ0) is 31.1. The van der Waals surface area contributed by atoms with Crippen molar-refractivity contribution in [3.63, 3.8) is 0 Å². The zero-order valence-electron chi connectivity index (χ0n) is 21.8. The summed E-state index contributed by atoms with van der Waals surface area (Å²) < 4.78 is 169. The van der Waals surface area contributed by atoms with Gasteiger partial charge in [0.05, 0.1) is 5.41 Å². The number of nitrogens with zero attached hydrogens (tertiary/aromatic N) is 2. The number of halogens is 12. The van der Waals surface area contributed by atoms with Crippen molar-refractivity contribution in [1.29, 1.82) is 0 Å². The molecule has 0 aromatic heterocycles. The number of benzene rings is 2. The minimum Gasteiger partial charge on any atom is -0.324 e. The van der Waals surface area contributed by atoms with Gasteiger partial charge in [-0.15, -0.1) is 0 Å². The van der Waals surface area contributed by atoms with Gasteiger partial charge >= 0.3 is 30.7 Å². The minimum absolute atomic E-state index is 0.0200. The number of hydrogen-bond acceptors (Lipinski definition) is 1. The minimum atomic E-state index is -5.91. The van der Waals surface area contributed by atoms with Gasteiger partial charge in [-0.25, -0.2) is 0 Å². The number of alkyl halides is 12. The topological polar surface area (TPSA) is 6.25 Å². The number of hydrogen-bond donors (Lipinski definition) is 0. The Hall–Kier alpha value is -3.19. The Kier molecular flexibility index (Phi) is 6.87. The van der Waals surface area contributed by atoms with Crippen molar-refractivity contribution in [2.75, 3.05) is 4.90 Å². The van der Waals surface area contributed by atoms with E-state index in [1.165, 1.54) is 64.1 Å². The third-order valence-corrected chi connectivity index (χ3v) is 7.50. The summed E-state index contributed by atoms with van der Waals surface area (Å²) in [7, 11) is 0. The first kappa shape index (κ1) is 30.8. The summed E-state index contributed by atoms with van der Waals surface area (Å²) in [5.41, 5.74) is -5.99. The Morgan fingerprint density at radius 1 is 0.634 bits per heavy atom. The second-order valence-electron chi connectivity index (χ2n) is 10.9. The molecule has 41 heavy (non-hydrogen) atoms. The standard InChI is InChI=1S/C27H23F12N2/c1-22(2)14-9-5-7-11-16(14)40(20(24(28,29)30)25(31,32)33)18(22)13-19-23(3,4)15-10-6-8-12-17(15)41(19)21(26(34,35)36)27(37,38)39/h5-13,20-21H,1-4H3/q+1. The molecule has 0 unspecified atom stereocenters. The van der Waals surface area contributed by atoms with Gasteiger partial charge in [-0.3, -0.25) is 0 Å². The molecule has 0 radical (unpaired) electrons. The van der Waals surface area contributed by atoms with Crippen LogP contribution in [0.5, 0.6) is 0 Å². The van der Waals surface area contributed by atoms with Crippen molar-refractivity contribution in [2.45, 2.75) is 75.3 Å². The van der Waals surface area contributed by atoms with Crippen LogP contribution < -0.4 is 4.90 Å². The van der Waals surface area contributed by atoms with Gasteiger partial charge in [0, 0.05) is 34.5 Å². The molecule has 2 aliphatic rings. The zero-order valence-corrected chi connectivity index (χ0v) is 21.8. The largest absolute Gasteiger partial charge is 0.461 e. The van der Waals surface area contributed by atoms with E-state index in [1.54, 1.807) is 0 Å². The average molecular weight is 603 g/mol. The summed E-state index contributed by atoms with van der Waals surface area (Å²) in [6.45, 7) is 5.03. The number of allylic oxidation sites excluding steroid dienone is 2. The van der Waals surface area contributed by atoms with E-state index in [1.807, 2.05) is 0 Å². The van der Waals surface area contributed by atoms with Crippen LogP contribution in [0.4, 0.5) is 64.1 Å². The lowest BCUT2D eigenvalue weighted by atomic mass is 9.78. The van der Waals surface area contributed by atoms with E-state index in [4.69, 9.17) is 0 Å². The van der Waals surface area contributed by atoms with Crippen molar-refractivity contribution < 1.29 is 57.3 Å². The summed E-state index contributed by atoms with van der Waals surface area (Å²) in [6, 6.07) is 1.33. The highest BCUT2D eigenvalue weighted by Gasteiger charge is 2.69. The van der Waals surface area contributed by atoms with Crippen molar-refractivity contribution >= 4 is 17.1 Å². The maximum Gasteiger partial charge on any atom is 0.461 e. The molecule has 2 aliphatic heterocycles. The smallest absolute Gasteiger partial charge is 0.324 e. The van der Waals surface area contributed by atoms with E-state index < -0.39 is 70.4 Å². The lowest BCUT2D eigenvalue weighted by Crippen LogP contribution is -2.55. The van der Waals surface area contributed by atoms with E-state index in [0.717, 1.165) is 12.1 Å². The SMILES string of the molecule is CC1(C)C(/C=C2/N(C(C(F)(F)F)C(F)(F)F)c3ccccc3C2(C)C)=[N+](C(C(F)(F)F)C(F)(F)F)c2ccccc21. The summed E-state index contributed by atoms with van der Waals surface area (Å²) in [5.74, 6) is 0. The highest BCUT2D eigenvalue weighted by atomic mass is 19.4. The van der Waals surface area contributed by atoms with Crippen LogP contribution in [0, 0.1) is 0 Å². The molecule has 0 saturated carbocycles. The molecule has 0 spiro atoms. The summed E-state index contributed by atoms with van der Waals surface area (Å²) in [5, 5.41) is 0. The van der Waals surface area contributed by atoms with Gasteiger partial charge in [0.25, 0.3) is 0 Å². The molecule has 2 aromatic carbocycles. The van der Waals surface area contributed by atoms with Crippen LogP contribution in [0.2, 0.25) is 0 Å². The first-order valence-electron chi connectivity index (χ1n) is 12.1. The van der Waals surface area contributed by atoms with Crippen LogP contribution in [0.1, 0.15) is 38.8 Å². The van der Waals surface area contributed by atoms with Crippen molar-refractivity contribution in [1.82, 2.24) is 0 Å². The fourth-order valence-electron chi connectivity index (χ4n) is 5.70. The molecule has 14 heteroatoms. The molecule has 0 aliphatic carbocycles. The van der Waals surface area contributed by atoms with E-state index in [2.05, 4.69) is 0 Å². The Bertz CT molecular complexity index is 1380. The van der Waals surface area contributed by atoms with Crippen molar-refractivity contribution in [3.8, 4) is 0 Å². The molecule has 2 aromatic rings. The average Bonchev–Trinajstić information content (AvgIpc) is 3.11. The van der Waals surface area contributed by atoms with Gasteiger partial charge in [0.2, 0.25) is 11.7 Å². The molecular weight excluding hydrogens is 580 g/mol. The van der Waals surface area contributed by atoms with Crippen LogP contribution in [-0.2, 0) is 10.8 Å². The van der Waals surface area contributed by atoms with Gasteiger partial charge in [-0.05, 0) is 25.5 Å². The maximum atomic E-state index is 14.1. The Morgan fingerprint density at radius 2 is 1.10 bits per heavy atom. The summed E-state index contributed by atoms with van der Waals surface area (Å²) in [4.78, 5) is -0.0736. The fraction of sp³-hybridized carbons (Fsp3) is 0.444. The predicted molar refractivity (Wildman–Crippen MR) is 126 cm³/mol. The summed E-state index contributed by atoms with van der Waals surface area (Å²) in [6.07, 6.45) is -23.0. The lowest BCUT2D eigenvalue weighted by Gasteiger charge is -2.36. The second kappa shape index (κ2) is 9.15. The molecule has 0 fully saturated rings. The number of fused-ring (bicyclic) bond motifs is 2. The van der Waals surface area contributed by atoms with Crippen LogP contribution >= 0.6 is 0 Å². The predicted octanol–water partition coefficient (Wildman–Crippen LogP) is 8.73. The molecule has 4 rings (SSSR count). The third-order valence-electron chi connectivity index (χ3n) is 7.50. The molecule has 0 saturated heterocycles. The van der Waals surface area contributed by atoms with Crippen molar-refractivity contribution in [3.05, 3.63) is 71.4 Å². The normalized spacial score (nSPS) is 20.0. The monoisotopic (exact) mass is 603 g/mol. The van der Waals surface area contributed by atoms with Crippen LogP contribution in [0.25, 0.3) is 0 Å². The van der Waals surface area contributed by atoms with Crippen LogP contribution in [0.15, 0.2) is 60.3 Å². The van der Waals surface area contributed by atoms with Gasteiger partial charge in [-0.2, -0.15) is 57.3 Å². The van der Waals surface area contributed by atoms with Crippen molar-refractivity contribution in [2.24, 2.45) is 0 Å². The van der Waals surface area contributed by atoms with Gasteiger partial charge < -0.3 is 4.90 Å². The highest BCUT2D eigenvalue weighted by Crippen LogP contribution is 2.54. The van der Waals surface area contributed by atoms with Gasteiger partial charge in [-0.1, -0.05) is 50.2 Å². The number of anilines is 1. The second-order valence-corrected chi connectivity index (χ2v) is 10.9. The first-order chi connectivity index (χ1) is 18.4. The van der Waals surface area contributed by atoms with Crippen LogP contribution in [0.3, 0.4) is 0 Å². The molecule has 0 atom stereocenters. The van der Waals surface area contributed by atoms with E-state index >= 15 is 0 Å². The van der Waals surface area contributed by atoms with Crippen LogP contribution in [-0.4, -0.2) is 47.1 Å². The molecule has 0 bridgehead atoms.